The summed E-state index contributed by atoms with van der Waals surface area (Å²) in [5.74, 6) is 1.67. The molecule has 6 heterocycles. The Balaban J connectivity index is 1.03. The molecule has 3 aliphatic heterocycles. The van der Waals surface area contributed by atoms with Crippen LogP contribution in [0, 0.1) is 35.3 Å². The summed E-state index contributed by atoms with van der Waals surface area (Å²) in [5.41, 5.74) is -0.996. The molecule has 3 unspecified atom stereocenters. The van der Waals surface area contributed by atoms with Crippen LogP contribution in [0.5, 0.6) is 17.6 Å². The molecule has 2 bridgehead atoms. The van der Waals surface area contributed by atoms with Crippen molar-refractivity contribution in [3.8, 4) is 41.2 Å². The Hall–Kier alpha value is -6.08. The second-order valence-electron chi connectivity index (χ2n) is 18.6. The van der Waals surface area contributed by atoms with E-state index in [4.69, 9.17) is 30.1 Å². The largest absolute Gasteiger partial charge is 0.508 e. The summed E-state index contributed by atoms with van der Waals surface area (Å²) < 4.78 is 55.6. The lowest BCUT2D eigenvalue weighted by Crippen LogP contribution is -2.57. The number of aromatic nitrogens is 4. The zero-order valence-corrected chi connectivity index (χ0v) is 36.5. The molecule has 1 N–H and O–H groups in total. The van der Waals surface area contributed by atoms with E-state index in [0.717, 1.165) is 45.1 Å². The number of anilines is 1. The van der Waals surface area contributed by atoms with Crippen LogP contribution in [-0.4, -0.2) is 111 Å². The molecule has 3 fully saturated rings. The molecule has 1 amide bonds. The van der Waals surface area contributed by atoms with Crippen molar-refractivity contribution in [1.82, 2.24) is 29.9 Å². The Labute approximate surface area is 364 Å². The number of likely N-dealkylation sites (tertiary alicyclic amines) is 1. The molecular formula is C47H53F2N7O7. The number of hydrogen-bond acceptors (Lipinski definition) is 13. The number of benzene rings is 2. The third-order valence-corrected chi connectivity index (χ3v) is 12.5. The van der Waals surface area contributed by atoms with E-state index in [1.165, 1.54) is 30.5 Å². The third kappa shape index (κ3) is 8.93. The molecule has 16 heteroatoms. The topological polar surface area (TPSA) is 156 Å². The lowest BCUT2D eigenvalue weighted by molar-refractivity contribution is -0.110. The fourth-order valence-electron chi connectivity index (χ4n) is 8.98. The van der Waals surface area contributed by atoms with Gasteiger partial charge in [0.2, 0.25) is 0 Å². The average Bonchev–Trinajstić information content (AvgIpc) is 3.81. The second-order valence-corrected chi connectivity index (χ2v) is 18.6. The predicted molar refractivity (Wildman–Crippen MR) is 232 cm³/mol. The van der Waals surface area contributed by atoms with Gasteiger partial charge in [-0.05, 0) is 94.2 Å². The SMILES string of the molecule is C#Cc1c(F)ccc2cc(O)cc(-c3ncc4c(N5CC6CCC(C5)N6C(=O)OC(C)(C)C)nc(OCCN5CCC(C)(COc6cc(C(C=O)C(C)C)on6)CC5)nc4c3F)c12. The summed E-state index contributed by atoms with van der Waals surface area (Å²) >= 11 is 0. The zero-order chi connectivity index (χ0) is 44.8. The molecule has 8 rings (SSSR count). The van der Waals surface area contributed by atoms with Crippen LogP contribution < -0.4 is 14.4 Å². The number of rotatable bonds is 12. The van der Waals surface area contributed by atoms with Gasteiger partial charge in [0.05, 0.1) is 35.6 Å². The Bertz CT molecular complexity index is 2570. The highest BCUT2D eigenvalue weighted by Gasteiger charge is 2.45. The summed E-state index contributed by atoms with van der Waals surface area (Å²) in [4.78, 5) is 45.0. The van der Waals surface area contributed by atoms with Crippen molar-refractivity contribution in [1.29, 1.82) is 0 Å². The van der Waals surface area contributed by atoms with E-state index in [0.29, 0.717) is 54.5 Å². The number of aromatic hydroxyl groups is 1. The van der Waals surface area contributed by atoms with Crippen LogP contribution >= 0.6 is 0 Å². The number of nitrogens with zero attached hydrogens (tertiary/aromatic N) is 7. The van der Waals surface area contributed by atoms with Gasteiger partial charge in [-0.25, -0.2) is 13.6 Å². The molecule has 5 aromatic rings. The highest BCUT2D eigenvalue weighted by Crippen LogP contribution is 2.41. The summed E-state index contributed by atoms with van der Waals surface area (Å²) in [6.07, 6.45) is 11.0. The van der Waals surface area contributed by atoms with Gasteiger partial charge in [0.25, 0.3) is 5.88 Å². The van der Waals surface area contributed by atoms with Crippen molar-refractivity contribution in [2.45, 2.75) is 90.8 Å². The van der Waals surface area contributed by atoms with E-state index in [9.17, 15) is 14.7 Å². The monoisotopic (exact) mass is 865 g/mol. The van der Waals surface area contributed by atoms with E-state index >= 15 is 8.78 Å². The van der Waals surface area contributed by atoms with E-state index in [1.807, 2.05) is 44.4 Å². The Morgan fingerprint density at radius 3 is 2.49 bits per heavy atom. The number of pyridine rings is 1. The van der Waals surface area contributed by atoms with Crippen molar-refractivity contribution in [3.05, 3.63) is 59.5 Å². The van der Waals surface area contributed by atoms with Crippen LogP contribution in [0.1, 0.15) is 84.5 Å². The highest BCUT2D eigenvalue weighted by atomic mass is 19.1. The summed E-state index contributed by atoms with van der Waals surface area (Å²) in [6.45, 7) is 15.2. The number of phenolic OH excluding ortho intramolecular Hbond substituents is 1. The smallest absolute Gasteiger partial charge is 0.410 e. The van der Waals surface area contributed by atoms with Gasteiger partial charge in [-0.2, -0.15) is 9.97 Å². The Morgan fingerprint density at radius 1 is 1.10 bits per heavy atom. The quantitative estimate of drug-likeness (QED) is 0.0956. The van der Waals surface area contributed by atoms with E-state index in [1.54, 1.807) is 6.07 Å². The minimum Gasteiger partial charge on any atom is -0.508 e. The number of carbonyl (C=O) groups excluding carboxylic acids is 2. The zero-order valence-electron chi connectivity index (χ0n) is 36.5. The van der Waals surface area contributed by atoms with E-state index in [2.05, 4.69) is 32.9 Å². The lowest BCUT2D eigenvalue weighted by atomic mass is 9.81. The second kappa shape index (κ2) is 17.2. The Kier molecular flexibility index (Phi) is 11.9. The molecule has 332 valence electrons. The van der Waals surface area contributed by atoms with Crippen molar-refractivity contribution >= 4 is 39.9 Å². The fourth-order valence-corrected chi connectivity index (χ4v) is 8.98. The van der Waals surface area contributed by atoms with Gasteiger partial charge in [0.1, 0.15) is 47.1 Å². The number of halogens is 2. The van der Waals surface area contributed by atoms with Crippen LogP contribution in [0.2, 0.25) is 0 Å². The molecule has 3 aromatic heterocycles. The number of piperazine rings is 1. The number of fused-ring (bicyclic) bond motifs is 4. The molecule has 0 spiro atoms. The van der Waals surface area contributed by atoms with Gasteiger partial charge in [-0.3, -0.25) is 14.8 Å². The van der Waals surface area contributed by atoms with Gasteiger partial charge >= 0.3 is 12.1 Å². The minimum absolute atomic E-state index is 0.0388. The number of carbonyl (C=O) groups is 2. The van der Waals surface area contributed by atoms with Crippen LogP contribution in [0.25, 0.3) is 32.9 Å². The van der Waals surface area contributed by atoms with Crippen LogP contribution in [-0.2, 0) is 9.53 Å². The van der Waals surface area contributed by atoms with E-state index in [-0.39, 0.29) is 81.5 Å². The van der Waals surface area contributed by atoms with Gasteiger partial charge < -0.3 is 33.5 Å². The Morgan fingerprint density at radius 2 is 1.83 bits per heavy atom. The van der Waals surface area contributed by atoms with Crippen molar-refractivity contribution in [2.24, 2.45) is 11.3 Å². The standard InChI is InChI=1S/C47H53F2N7O7/c1-8-32-36(48)12-9-28-19-31(58)20-33(39(28)32)41-40(49)42-34(22-50-41)43(55-23-29-10-11-30(24-55)56(29)45(59)62-46(4,5)6)52-44(51-42)60-18-17-54-15-13-47(7,14-16-54)26-61-38-21-37(63-53-38)35(25-57)27(2)3/h1,9,12,19-22,25,27,29-30,35,58H,10-11,13-18,23-24,26H2,2-7H3. The van der Waals surface area contributed by atoms with Crippen molar-refractivity contribution < 1.29 is 42.2 Å². The molecule has 3 atom stereocenters. The maximum atomic E-state index is 17.1. The number of phenols is 1. The van der Waals surface area contributed by atoms with Crippen LogP contribution in [0.3, 0.4) is 0 Å². The average molecular weight is 866 g/mol. The van der Waals surface area contributed by atoms with Gasteiger partial charge in [-0.1, -0.05) is 32.8 Å². The molecule has 0 aliphatic carbocycles. The maximum Gasteiger partial charge on any atom is 0.410 e. The van der Waals surface area contributed by atoms with Gasteiger partial charge in [0.15, 0.2) is 11.6 Å². The molecule has 0 saturated carbocycles. The van der Waals surface area contributed by atoms with E-state index < -0.39 is 17.2 Å². The molecule has 2 aromatic carbocycles. The predicted octanol–water partition coefficient (Wildman–Crippen LogP) is 7.88. The minimum atomic E-state index is -0.821. The molecule has 3 aliphatic rings. The highest BCUT2D eigenvalue weighted by molar-refractivity contribution is 6.03. The first-order chi connectivity index (χ1) is 30.0. The number of amides is 1. The summed E-state index contributed by atoms with van der Waals surface area (Å²) in [7, 11) is 0. The number of terminal acetylenes is 1. The molecule has 3 saturated heterocycles. The molecule has 63 heavy (non-hydrogen) atoms. The molecule has 0 radical (unpaired) electrons. The molecule has 14 nitrogen and oxygen atoms in total. The number of aldehydes is 1. The van der Waals surface area contributed by atoms with Crippen LogP contribution in [0.4, 0.5) is 19.4 Å². The number of piperidine rings is 1. The number of hydrogen-bond donors (Lipinski definition) is 1. The first-order valence-corrected chi connectivity index (χ1v) is 21.5. The first kappa shape index (κ1) is 43.6. The first-order valence-electron chi connectivity index (χ1n) is 21.5. The van der Waals surface area contributed by atoms with Crippen molar-refractivity contribution in [3.63, 3.8) is 0 Å². The van der Waals surface area contributed by atoms with Crippen molar-refractivity contribution in [2.75, 3.05) is 50.8 Å². The third-order valence-electron chi connectivity index (χ3n) is 12.5. The van der Waals surface area contributed by atoms with Crippen LogP contribution in [0.15, 0.2) is 41.1 Å². The summed E-state index contributed by atoms with van der Waals surface area (Å²) in [6, 6.07) is 6.74. The lowest BCUT2D eigenvalue weighted by Gasteiger charge is -2.42. The summed E-state index contributed by atoms with van der Waals surface area (Å²) in [5, 5.41) is 15.7. The maximum absolute atomic E-state index is 17.1. The normalized spacial score (nSPS) is 19.4. The fraction of sp³-hybridized carbons (Fsp3) is 0.489. The van der Waals surface area contributed by atoms with Gasteiger partial charge in [-0.15, -0.1) is 6.42 Å². The van der Waals surface area contributed by atoms with Gasteiger partial charge in [0, 0.05) is 48.3 Å². The molecular weight excluding hydrogens is 813 g/mol. The number of ether oxygens (including phenoxy) is 3.